The van der Waals surface area contributed by atoms with E-state index >= 15 is 4.39 Å². The molecule has 0 spiro atoms. The van der Waals surface area contributed by atoms with Gasteiger partial charge >= 0.3 is 6.01 Å². The van der Waals surface area contributed by atoms with E-state index in [4.69, 9.17) is 27.1 Å². The second kappa shape index (κ2) is 9.42. The van der Waals surface area contributed by atoms with Crippen molar-refractivity contribution in [3.8, 4) is 17.3 Å². The summed E-state index contributed by atoms with van der Waals surface area (Å²) < 4.78 is 24.4. The SMILES string of the molecule is CN1CCC[C@H]1COc1nc(N2CC3CCC(C2)N3)c2cc(Cl)c(-c3nn(C)c4ccc(N)nc34)c(F)c2n1. The Bertz CT molecular complexity index is 1580. The molecule has 6 heterocycles. The number of hydrogen-bond donors (Lipinski definition) is 2. The number of fused-ring (bicyclic) bond motifs is 4. The maximum Gasteiger partial charge on any atom is 0.319 e. The van der Waals surface area contributed by atoms with Crippen molar-refractivity contribution in [3.63, 3.8) is 0 Å². The van der Waals surface area contributed by atoms with Gasteiger partial charge in [0.2, 0.25) is 0 Å². The van der Waals surface area contributed by atoms with Gasteiger partial charge in [0.25, 0.3) is 0 Å². The molecule has 39 heavy (non-hydrogen) atoms. The van der Waals surface area contributed by atoms with Crippen molar-refractivity contribution in [1.29, 1.82) is 0 Å². The van der Waals surface area contributed by atoms with Crippen LogP contribution in [0.4, 0.5) is 16.0 Å². The number of rotatable bonds is 5. The van der Waals surface area contributed by atoms with E-state index in [9.17, 15) is 0 Å². The first kappa shape index (κ1) is 24.7. The quantitative estimate of drug-likeness (QED) is 0.386. The van der Waals surface area contributed by atoms with Gasteiger partial charge in [-0.15, -0.1) is 0 Å². The molecular weight excluding hydrogens is 521 g/mol. The molecule has 3 atom stereocenters. The molecule has 0 amide bonds. The van der Waals surface area contributed by atoms with E-state index in [-0.39, 0.29) is 28.2 Å². The fourth-order valence-electron chi connectivity index (χ4n) is 6.33. The number of hydrogen-bond acceptors (Lipinski definition) is 9. The number of piperazine rings is 1. The summed E-state index contributed by atoms with van der Waals surface area (Å²) in [6.45, 7) is 3.05. The van der Waals surface area contributed by atoms with Gasteiger partial charge in [0.05, 0.1) is 16.1 Å². The predicted octanol–water partition coefficient (Wildman–Crippen LogP) is 3.37. The lowest BCUT2D eigenvalue weighted by atomic mass is 10.1. The number of aryl methyl sites for hydroxylation is 1. The maximum atomic E-state index is 16.6. The molecule has 1 aromatic carbocycles. The molecule has 0 saturated carbocycles. The molecular formula is C27H31ClFN9O. The summed E-state index contributed by atoms with van der Waals surface area (Å²) in [4.78, 5) is 18.4. The maximum absolute atomic E-state index is 16.6. The average Bonchev–Trinajstić information content (AvgIpc) is 3.58. The van der Waals surface area contributed by atoms with Crippen LogP contribution in [0, 0.1) is 5.82 Å². The number of pyridine rings is 1. The number of likely N-dealkylation sites (N-methyl/N-ethyl adjacent to an activating group) is 1. The first-order valence-corrected chi connectivity index (χ1v) is 13.9. The normalized spacial score (nSPS) is 23.4. The Morgan fingerprint density at radius 1 is 1.10 bits per heavy atom. The third-order valence-corrected chi connectivity index (χ3v) is 8.69. The molecule has 3 aliphatic heterocycles. The zero-order chi connectivity index (χ0) is 26.8. The van der Waals surface area contributed by atoms with Crippen molar-refractivity contribution >= 4 is 45.2 Å². The molecule has 2 bridgehead atoms. The first-order valence-electron chi connectivity index (χ1n) is 13.5. The van der Waals surface area contributed by atoms with Gasteiger partial charge in [0, 0.05) is 43.6 Å². The van der Waals surface area contributed by atoms with Crippen LogP contribution in [0.2, 0.25) is 5.02 Å². The van der Waals surface area contributed by atoms with Crippen LogP contribution in [0.5, 0.6) is 6.01 Å². The van der Waals surface area contributed by atoms with E-state index in [1.807, 2.05) is 6.07 Å². The Labute approximate surface area is 230 Å². The highest BCUT2D eigenvalue weighted by atomic mass is 35.5. The molecule has 7 rings (SSSR count). The second-order valence-electron chi connectivity index (χ2n) is 11.0. The van der Waals surface area contributed by atoms with E-state index < -0.39 is 5.82 Å². The fraction of sp³-hybridized carbons (Fsp3) is 0.481. The topological polar surface area (TPSA) is 110 Å². The fourth-order valence-corrected chi connectivity index (χ4v) is 6.62. The zero-order valence-corrected chi connectivity index (χ0v) is 22.7. The van der Waals surface area contributed by atoms with Crippen LogP contribution in [0.1, 0.15) is 25.7 Å². The summed E-state index contributed by atoms with van der Waals surface area (Å²) in [5.74, 6) is 0.389. The van der Waals surface area contributed by atoms with Crippen LogP contribution in [0.15, 0.2) is 18.2 Å². The van der Waals surface area contributed by atoms with Crippen LogP contribution >= 0.6 is 11.6 Å². The summed E-state index contributed by atoms with van der Waals surface area (Å²) in [5.41, 5.74) is 7.78. The molecule has 4 aromatic rings. The Balaban J connectivity index is 1.38. The van der Waals surface area contributed by atoms with E-state index in [0.717, 1.165) is 50.8 Å². The van der Waals surface area contributed by atoms with Crippen molar-refractivity contribution in [2.75, 3.05) is 43.9 Å². The highest BCUT2D eigenvalue weighted by Gasteiger charge is 2.35. The molecule has 3 fully saturated rings. The molecule has 204 valence electrons. The van der Waals surface area contributed by atoms with Crippen LogP contribution in [0.3, 0.4) is 0 Å². The second-order valence-corrected chi connectivity index (χ2v) is 11.4. The summed E-state index contributed by atoms with van der Waals surface area (Å²) in [6.07, 6.45) is 4.41. The smallest absolute Gasteiger partial charge is 0.319 e. The molecule has 2 unspecified atom stereocenters. The third-order valence-electron chi connectivity index (χ3n) is 8.39. The van der Waals surface area contributed by atoms with E-state index in [2.05, 4.69) is 37.2 Å². The number of ether oxygens (including phenoxy) is 1. The van der Waals surface area contributed by atoms with Crippen molar-refractivity contribution in [2.45, 2.75) is 43.8 Å². The summed E-state index contributed by atoms with van der Waals surface area (Å²) >= 11 is 6.80. The van der Waals surface area contributed by atoms with Gasteiger partial charge in [0.1, 0.15) is 35.0 Å². The number of aromatic nitrogens is 5. The number of anilines is 2. The van der Waals surface area contributed by atoms with Gasteiger partial charge in [-0.25, -0.2) is 9.37 Å². The van der Waals surface area contributed by atoms with E-state index in [0.29, 0.717) is 46.9 Å². The number of nitrogens with zero attached hydrogens (tertiary/aromatic N) is 7. The number of halogens is 2. The summed E-state index contributed by atoms with van der Waals surface area (Å²) in [5, 5.41) is 8.98. The molecule has 0 aliphatic carbocycles. The molecule has 3 aromatic heterocycles. The highest BCUT2D eigenvalue weighted by Crippen LogP contribution is 2.41. The lowest BCUT2D eigenvalue weighted by Crippen LogP contribution is -2.51. The minimum absolute atomic E-state index is 0.138. The van der Waals surface area contributed by atoms with Crippen molar-refractivity contribution in [1.82, 2.24) is 34.9 Å². The van der Waals surface area contributed by atoms with Gasteiger partial charge in [0.15, 0.2) is 5.82 Å². The molecule has 10 nitrogen and oxygen atoms in total. The Morgan fingerprint density at radius 2 is 1.90 bits per heavy atom. The Kier molecular flexibility index (Phi) is 5.98. The Hall–Kier alpha value is -3.28. The zero-order valence-electron chi connectivity index (χ0n) is 22.0. The largest absolute Gasteiger partial charge is 0.462 e. The standard InChI is InChI=1S/C27H31ClFN9O/c1-36-9-3-4-16(36)13-39-27-33-23-17(26(34-27)38-11-14-5-6-15(12-38)31-14)10-18(28)21(22(23)29)25-24-19(37(2)35-25)7-8-20(30)32-24/h7-8,10,14-16,31H,3-6,9,11-13H2,1-2H3,(H2,30,32)/t14?,15?,16-/m0/s1. The van der Waals surface area contributed by atoms with E-state index in [1.54, 1.807) is 23.9 Å². The minimum atomic E-state index is -0.577. The van der Waals surface area contributed by atoms with Crippen molar-refractivity contribution in [3.05, 3.63) is 29.0 Å². The van der Waals surface area contributed by atoms with Crippen LogP contribution in [0.25, 0.3) is 33.2 Å². The number of nitrogens with two attached hydrogens (primary N) is 1. The lowest BCUT2D eigenvalue weighted by Gasteiger charge is -2.34. The monoisotopic (exact) mass is 551 g/mol. The van der Waals surface area contributed by atoms with Gasteiger partial charge < -0.3 is 25.6 Å². The number of nitrogens with one attached hydrogen (secondary N) is 1. The predicted molar refractivity (Wildman–Crippen MR) is 150 cm³/mol. The van der Waals surface area contributed by atoms with E-state index in [1.165, 1.54) is 0 Å². The molecule has 3 saturated heterocycles. The van der Waals surface area contributed by atoms with Crippen LogP contribution < -0.4 is 20.7 Å². The Morgan fingerprint density at radius 3 is 2.64 bits per heavy atom. The molecule has 0 radical (unpaired) electrons. The van der Waals surface area contributed by atoms with Gasteiger partial charge in [-0.3, -0.25) is 4.68 Å². The molecule has 12 heteroatoms. The average molecular weight is 552 g/mol. The summed E-state index contributed by atoms with van der Waals surface area (Å²) in [7, 11) is 3.87. The third kappa shape index (κ3) is 4.23. The van der Waals surface area contributed by atoms with Gasteiger partial charge in [-0.05, 0) is 57.5 Å². The first-order chi connectivity index (χ1) is 18.9. The molecule has 3 aliphatic rings. The number of likely N-dealkylation sites (tertiary alicyclic amines) is 1. The number of nitrogen functional groups attached to an aromatic ring is 1. The van der Waals surface area contributed by atoms with Gasteiger partial charge in [-0.2, -0.15) is 15.1 Å². The van der Waals surface area contributed by atoms with Crippen molar-refractivity contribution in [2.24, 2.45) is 7.05 Å². The lowest BCUT2D eigenvalue weighted by molar-refractivity contribution is 0.188. The molecule has 3 N–H and O–H groups in total. The number of benzene rings is 1. The van der Waals surface area contributed by atoms with Gasteiger partial charge in [-0.1, -0.05) is 11.6 Å². The van der Waals surface area contributed by atoms with Crippen LogP contribution in [-0.4, -0.2) is 81.0 Å². The summed E-state index contributed by atoms with van der Waals surface area (Å²) in [6, 6.07) is 6.45. The van der Waals surface area contributed by atoms with Crippen LogP contribution in [-0.2, 0) is 7.05 Å². The van der Waals surface area contributed by atoms with Crippen molar-refractivity contribution < 1.29 is 9.13 Å². The highest BCUT2D eigenvalue weighted by molar-refractivity contribution is 6.34. The minimum Gasteiger partial charge on any atom is -0.462 e.